The third-order valence-corrected chi connectivity index (χ3v) is 5.54. The molecule has 146 valence electrons. The van der Waals surface area contributed by atoms with Crippen molar-refractivity contribution in [1.82, 2.24) is 24.9 Å². The Morgan fingerprint density at radius 2 is 2.00 bits per heavy atom. The maximum Gasteiger partial charge on any atom is 0.317 e. The van der Waals surface area contributed by atoms with Crippen molar-refractivity contribution in [1.29, 1.82) is 0 Å². The van der Waals surface area contributed by atoms with E-state index in [9.17, 15) is 4.79 Å². The molecular formula is C19H33N5O2. The zero-order valence-electron chi connectivity index (χ0n) is 16.5. The first kappa shape index (κ1) is 19.2. The number of nitrogens with zero attached hydrogens (tertiary/aromatic N) is 4. The van der Waals surface area contributed by atoms with Gasteiger partial charge in [-0.05, 0) is 53.1 Å². The van der Waals surface area contributed by atoms with Crippen LogP contribution < -0.4 is 5.32 Å². The van der Waals surface area contributed by atoms with Gasteiger partial charge in [-0.15, -0.1) is 0 Å². The Kier molecular flexibility index (Phi) is 6.53. The van der Waals surface area contributed by atoms with Gasteiger partial charge in [0, 0.05) is 50.6 Å². The zero-order valence-corrected chi connectivity index (χ0v) is 16.5. The van der Waals surface area contributed by atoms with Crippen LogP contribution in [0, 0.1) is 13.8 Å². The van der Waals surface area contributed by atoms with Crippen LogP contribution in [0.4, 0.5) is 4.79 Å². The maximum absolute atomic E-state index is 12.7. The number of hydrogen-bond acceptors (Lipinski definition) is 4. The number of urea groups is 1. The first-order valence-corrected chi connectivity index (χ1v) is 9.98. The molecule has 1 aromatic rings. The quantitative estimate of drug-likeness (QED) is 0.868. The lowest BCUT2D eigenvalue weighted by molar-refractivity contribution is 0.0349. The molecule has 0 spiro atoms. The highest BCUT2D eigenvalue weighted by molar-refractivity contribution is 5.74. The molecule has 7 nitrogen and oxygen atoms in total. The van der Waals surface area contributed by atoms with Crippen LogP contribution in [0.1, 0.15) is 43.1 Å². The lowest BCUT2D eigenvalue weighted by atomic mass is 10.2. The second-order valence-corrected chi connectivity index (χ2v) is 7.42. The number of carbonyl (C=O) groups is 1. The summed E-state index contributed by atoms with van der Waals surface area (Å²) in [5.74, 6) is 0. The predicted molar refractivity (Wildman–Crippen MR) is 101 cm³/mol. The van der Waals surface area contributed by atoms with Gasteiger partial charge in [0.05, 0.1) is 11.8 Å². The summed E-state index contributed by atoms with van der Waals surface area (Å²) in [5, 5.41) is 7.62. The number of aryl methyl sites for hydroxylation is 2. The summed E-state index contributed by atoms with van der Waals surface area (Å²) in [4.78, 5) is 17.1. The van der Waals surface area contributed by atoms with Crippen LogP contribution >= 0.6 is 0 Å². The smallest absolute Gasteiger partial charge is 0.317 e. The van der Waals surface area contributed by atoms with Gasteiger partial charge >= 0.3 is 6.03 Å². The van der Waals surface area contributed by atoms with Crippen LogP contribution in [0.25, 0.3) is 0 Å². The fraction of sp³-hybridized carbons (Fsp3) is 0.789. The minimum absolute atomic E-state index is 0.00460. The van der Waals surface area contributed by atoms with Crippen LogP contribution in [0.15, 0.2) is 0 Å². The van der Waals surface area contributed by atoms with Gasteiger partial charge < -0.3 is 19.9 Å². The van der Waals surface area contributed by atoms with E-state index in [0.29, 0.717) is 13.1 Å². The number of aromatic nitrogens is 2. The molecule has 1 aromatic heterocycles. The molecule has 3 heterocycles. The first-order valence-electron chi connectivity index (χ1n) is 9.98. The van der Waals surface area contributed by atoms with Crippen molar-refractivity contribution in [2.75, 3.05) is 39.3 Å². The Morgan fingerprint density at radius 1 is 1.23 bits per heavy atom. The summed E-state index contributed by atoms with van der Waals surface area (Å²) in [6.07, 6.45) is 3.57. The highest BCUT2D eigenvalue weighted by atomic mass is 16.5. The molecule has 3 rings (SSSR count). The molecule has 0 aliphatic carbocycles. The third-order valence-electron chi connectivity index (χ3n) is 5.54. The van der Waals surface area contributed by atoms with E-state index in [2.05, 4.69) is 29.2 Å². The number of likely N-dealkylation sites (tertiary alicyclic amines) is 1. The summed E-state index contributed by atoms with van der Waals surface area (Å²) in [6, 6.07) is 0.00460. The molecule has 0 bridgehead atoms. The molecule has 0 unspecified atom stereocenters. The summed E-state index contributed by atoms with van der Waals surface area (Å²) in [7, 11) is 0. The Balaban J connectivity index is 1.55. The molecule has 2 aliphatic rings. The van der Waals surface area contributed by atoms with Crippen LogP contribution in [0.2, 0.25) is 0 Å². The van der Waals surface area contributed by atoms with Crippen molar-refractivity contribution < 1.29 is 9.53 Å². The monoisotopic (exact) mass is 363 g/mol. The number of nitrogens with one attached hydrogen (secondary N) is 1. The van der Waals surface area contributed by atoms with E-state index < -0.39 is 0 Å². The van der Waals surface area contributed by atoms with Gasteiger partial charge in [0.1, 0.15) is 0 Å². The molecule has 2 aliphatic heterocycles. The van der Waals surface area contributed by atoms with Crippen molar-refractivity contribution in [2.45, 2.75) is 59.2 Å². The minimum atomic E-state index is 0.00460. The minimum Gasteiger partial charge on any atom is -0.375 e. The number of amides is 2. The van der Waals surface area contributed by atoms with E-state index in [-0.39, 0.29) is 12.1 Å². The molecule has 0 aromatic carbocycles. The molecule has 2 amide bonds. The standard InChI is InChI=1S/C19H33N5O2/c1-4-24-16(3)18(15(2)21-24)12-20-19(25)23-10-7-11-26-17(14-23)13-22-8-5-6-9-22/h17H,4-14H2,1-3H3,(H,20,25)/t17-/m0/s1. The molecule has 2 fully saturated rings. The number of carbonyl (C=O) groups excluding carboxylic acids is 1. The van der Waals surface area contributed by atoms with E-state index in [1.807, 2.05) is 16.5 Å². The Bertz CT molecular complexity index is 609. The highest BCUT2D eigenvalue weighted by Crippen LogP contribution is 2.15. The van der Waals surface area contributed by atoms with Crippen LogP contribution in [-0.4, -0.2) is 71.0 Å². The number of hydrogen-bond donors (Lipinski definition) is 1. The third kappa shape index (κ3) is 4.57. The van der Waals surface area contributed by atoms with E-state index in [1.54, 1.807) is 0 Å². The van der Waals surface area contributed by atoms with Gasteiger partial charge in [-0.25, -0.2) is 4.79 Å². The molecule has 1 atom stereocenters. The van der Waals surface area contributed by atoms with Gasteiger partial charge in [0.2, 0.25) is 0 Å². The SMILES string of the molecule is CCn1nc(C)c(CNC(=O)N2CCCO[C@@H](CN3CCCC3)C2)c1C. The van der Waals surface area contributed by atoms with Gasteiger partial charge in [-0.3, -0.25) is 4.68 Å². The number of rotatable bonds is 5. The van der Waals surface area contributed by atoms with Crippen LogP contribution in [0.5, 0.6) is 0 Å². The van der Waals surface area contributed by atoms with Crippen LogP contribution in [0.3, 0.4) is 0 Å². The van der Waals surface area contributed by atoms with Crippen molar-refractivity contribution in [3.05, 3.63) is 17.0 Å². The normalized spacial score (nSPS) is 21.8. The topological polar surface area (TPSA) is 62.6 Å². The number of ether oxygens (including phenoxy) is 1. The molecule has 2 saturated heterocycles. The summed E-state index contributed by atoms with van der Waals surface area (Å²) in [6.45, 7) is 13.0. The lowest BCUT2D eigenvalue weighted by Gasteiger charge is -2.27. The van der Waals surface area contributed by atoms with Crippen molar-refractivity contribution in [3.8, 4) is 0 Å². The largest absolute Gasteiger partial charge is 0.375 e. The fourth-order valence-electron chi connectivity index (χ4n) is 4.02. The average molecular weight is 364 g/mol. The molecule has 7 heteroatoms. The van der Waals surface area contributed by atoms with Crippen LogP contribution in [-0.2, 0) is 17.8 Å². The first-order chi connectivity index (χ1) is 12.6. The Morgan fingerprint density at radius 3 is 2.69 bits per heavy atom. The summed E-state index contributed by atoms with van der Waals surface area (Å²) in [5.41, 5.74) is 3.26. The van der Waals surface area contributed by atoms with E-state index in [1.165, 1.54) is 12.8 Å². The summed E-state index contributed by atoms with van der Waals surface area (Å²) >= 11 is 0. The zero-order chi connectivity index (χ0) is 18.5. The van der Waals surface area contributed by atoms with Crippen molar-refractivity contribution >= 4 is 6.03 Å². The molecule has 1 N–H and O–H groups in total. The molecule has 0 saturated carbocycles. The van der Waals surface area contributed by atoms with Crippen molar-refractivity contribution in [3.63, 3.8) is 0 Å². The van der Waals surface area contributed by atoms with E-state index in [4.69, 9.17) is 4.74 Å². The second kappa shape index (κ2) is 8.86. The Hall–Kier alpha value is -1.60. The predicted octanol–water partition coefficient (Wildman–Crippen LogP) is 1.92. The van der Waals surface area contributed by atoms with Gasteiger partial charge in [0.15, 0.2) is 0 Å². The second-order valence-electron chi connectivity index (χ2n) is 7.42. The van der Waals surface area contributed by atoms with Gasteiger partial charge in [-0.1, -0.05) is 0 Å². The Labute approximate surface area is 156 Å². The lowest BCUT2D eigenvalue weighted by Crippen LogP contribution is -2.45. The molecular weight excluding hydrogens is 330 g/mol. The maximum atomic E-state index is 12.7. The van der Waals surface area contributed by atoms with Gasteiger partial charge in [0.25, 0.3) is 0 Å². The fourth-order valence-corrected chi connectivity index (χ4v) is 4.02. The van der Waals surface area contributed by atoms with Crippen molar-refractivity contribution in [2.24, 2.45) is 0 Å². The van der Waals surface area contributed by atoms with E-state index >= 15 is 0 Å². The summed E-state index contributed by atoms with van der Waals surface area (Å²) < 4.78 is 7.98. The highest BCUT2D eigenvalue weighted by Gasteiger charge is 2.25. The molecule has 0 radical (unpaired) electrons. The van der Waals surface area contributed by atoms with Gasteiger partial charge in [-0.2, -0.15) is 5.10 Å². The average Bonchev–Trinajstić information content (AvgIpc) is 3.14. The molecule has 26 heavy (non-hydrogen) atoms. The van der Waals surface area contributed by atoms with E-state index in [0.717, 1.165) is 62.7 Å².